The Morgan fingerprint density at radius 1 is 1.26 bits per heavy atom. The maximum absolute atomic E-state index is 5.14. The first-order valence-electron chi connectivity index (χ1n) is 8.76. The van der Waals surface area contributed by atoms with Crippen LogP contribution in [0, 0.1) is 5.92 Å². The summed E-state index contributed by atoms with van der Waals surface area (Å²) in [5.74, 6) is 2.46. The van der Waals surface area contributed by atoms with Crippen molar-refractivity contribution in [3.63, 3.8) is 0 Å². The molecular formula is C18H30N4O. The van der Waals surface area contributed by atoms with E-state index in [2.05, 4.69) is 20.6 Å². The molecule has 1 aliphatic carbocycles. The number of pyridine rings is 1. The maximum atomic E-state index is 5.14. The summed E-state index contributed by atoms with van der Waals surface area (Å²) >= 11 is 0. The highest BCUT2D eigenvalue weighted by atomic mass is 16.5. The molecule has 1 saturated carbocycles. The summed E-state index contributed by atoms with van der Waals surface area (Å²) in [7, 11) is 3.43. The van der Waals surface area contributed by atoms with E-state index < -0.39 is 0 Å². The van der Waals surface area contributed by atoms with E-state index in [1.807, 2.05) is 18.2 Å². The number of unbranched alkanes of at least 4 members (excludes halogenated alkanes) is 1. The van der Waals surface area contributed by atoms with Gasteiger partial charge in [-0.3, -0.25) is 4.99 Å². The molecule has 2 rings (SSSR count). The Morgan fingerprint density at radius 3 is 2.83 bits per heavy atom. The fourth-order valence-corrected chi connectivity index (χ4v) is 3.13. The molecule has 23 heavy (non-hydrogen) atoms. The zero-order chi connectivity index (χ0) is 16.3. The van der Waals surface area contributed by atoms with Crippen molar-refractivity contribution >= 4 is 5.96 Å². The third-order valence-corrected chi connectivity index (χ3v) is 4.46. The van der Waals surface area contributed by atoms with Crippen molar-refractivity contribution in [2.75, 3.05) is 20.7 Å². The molecule has 5 heteroatoms. The largest absolute Gasteiger partial charge is 0.481 e. The quantitative estimate of drug-likeness (QED) is 0.439. The summed E-state index contributed by atoms with van der Waals surface area (Å²) in [5.41, 5.74) is 0.938. The molecule has 0 aromatic carbocycles. The third kappa shape index (κ3) is 6.47. The molecule has 2 N–H and O–H groups in total. The Bertz CT molecular complexity index is 484. The zero-order valence-electron chi connectivity index (χ0n) is 14.5. The van der Waals surface area contributed by atoms with Gasteiger partial charge in [0.2, 0.25) is 5.88 Å². The molecule has 1 heterocycles. The molecule has 1 aliphatic rings. The zero-order valence-corrected chi connectivity index (χ0v) is 14.5. The topological polar surface area (TPSA) is 58.5 Å². The molecular weight excluding hydrogens is 288 g/mol. The lowest BCUT2D eigenvalue weighted by Crippen LogP contribution is -2.37. The van der Waals surface area contributed by atoms with Crippen molar-refractivity contribution in [3.05, 3.63) is 23.9 Å². The van der Waals surface area contributed by atoms with Crippen LogP contribution in [0.1, 0.15) is 50.6 Å². The first kappa shape index (κ1) is 17.6. The number of methoxy groups -OCH3 is 1. The second-order valence-electron chi connectivity index (χ2n) is 6.17. The van der Waals surface area contributed by atoms with Crippen molar-refractivity contribution in [1.82, 2.24) is 15.6 Å². The molecule has 0 spiro atoms. The number of aromatic nitrogens is 1. The average molecular weight is 318 g/mol. The molecule has 1 aromatic rings. The summed E-state index contributed by atoms with van der Waals surface area (Å²) in [6.45, 7) is 1.61. The fourth-order valence-electron chi connectivity index (χ4n) is 3.13. The molecule has 128 valence electrons. The monoisotopic (exact) mass is 318 g/mol. The van der Waals surface area contributed by atoms with Crippen LogP contribution in [0.4, 0.5) is 0 Å². The highest BCUT2D eigenvalue weighted by molar-refractivity contribution is 5.79. The number of ether oxygens (including phenoxy) is 1. The Labute approximate surface area is 139 Å². The van der Waals surface area contributed by atoms with Crippen LogP contribution in [0.25, 0.3) is 0 Å². The second-order valence-corrected chi connectivity index (χ2v) is 6.17. The number of nitrogens with zero attached hydrogens (tertiary/aromatic N) is 2. The van der Waals surface area contributed by atoms with Gasteiger partial charge in [-0.05, 0) is 18.4 Å². The Hall–Kier alpha value is -1.78. The van der Waals surface area contributed by atoms with Crippen molar-refractivity contribution < 1.29 is 4.74 Å². The summed E-state index contributed by atoms with van der Waals surface area (Å²) in [6, 6.07) is 5.77. The van der Waals surface area contributed by atoms with Crippen molar-refractivity contribution in [2.45, 2.75) is 51.5 Å². The normalized spacial score (nSPS) is 15.7. The van der Waals surface area contributed by atoms with Crippen LogP contribution >= 0.6 is 0 Å². The van der Waals surface area contributed by atoms with Gasteiger partial charge in [-0.25, -0.2) is 4.98 Å². The molecule has 1 aromatic heterocycles. The van der Waals surface area contributed by atoms with Gasteiger partial charge in [-0.1, -0.05) is 44.6 Å². The minimum atomic E-state index is 0.638. The van der Waals surface area contributed by atoms with Crippen molar-refractivity contribution in [2.24, 2.45) is 10.9 Å². The number of aliphatic imine (C=N–C) groups is 1. The van der Waals surface area contributed by atoms with Crippen LogP contribution in [-0.4, -0.2) is 31.6 Å². The molecule has 1 fully saturated rings. The summed E-state index contributed by atoms with van der Waals surface area (Å²) < 4.78 is 5.14. The predicted molar refractivity (Wildman–Crippen MR) is 94.8 cm³/mol. The van der Waals surface area contributed by atoms with Gasteiger partial charge in [-0.15, -0.1) is 0 Å². The van der Waals surface area contributed by atoms with E-state index in [1.54, 1.807) is 14.2 Å². The Balaban J connectivity index is 1.61. The third-order valence-electron chi connectivity index (χ3n) is 4.46. The first-order valence-corrected chi connectivity index (χ1v) is 8.76. The lowest BCUT2D eigenvalue weighted by atomic mass is 10.0. The van der Waals surface area contributed by atoms with Crippen LogP contribution in [-0.2, 0) is 6.54 Å². The fraction of sp³-hybridized carbons (Fsp3) is 0.667. The van der Waals surface area contributed by atoms with E-state index in [0.29, 0.717) is 12.4 Å². The van der Waals surface area contributed by atoms with Gasteiger partial charge in [0.05, 0.1) is 19.3 Å². The number of rotatable bonds is 8. The number of nitrogens with one attached hydrogen (secondary N) is 2. The van der Waals surface area contributed by atoms with Gasteiger partial charge in [0, 0.05) is 19.7 Å². The lowest BCUT2D eigenvalue weighted by Gasteiger charge is -2.13. The van der Waals surface area contributed by atoms with Gasteiger partial charge in [0.1, 0.15) is 0 Å². The van der Waals surface area contributed by atoms with Crippen LogP contribution in [0.3, 0.4) is 0 Å². The number of guanidine groups is 1. The average Bonchev–Trinajstić information content (AvgIpc) is 3.11. The molecule has 0 saturated heterocycles. The van der Waals surface area contributed by atoms with E-state index >= 15 is 0 Å². The van der Waals surface area contributed by atoms with Gasteiger partial charge in [0.25, 0.3) is 0 Å². The van der Waals surface area contributed by atoms with E-state index in [9.17, 15) is 0 Å². The van der Waals surface area contributed by atoms with Gasteiger partial charge in [0.15, 0.2) is 5.96 Å². The second kappa shape index (κ2) is 10.1. The minimum absolute atomic E-state index is 0.638. The highest BCUT2D eigenvalue weighted by Crippen LogP contribution is 2.28. The van der Waals surface area contributed by atoms with Gasteiger partial charge in [-0.2, -0.15) is 0 Å². The summed E-state index contributed by atoms with van der Waals surface area (Å²) in [5, 5.41) is 6.66. The van der Waals surface area contributed by atoms with Gasteiger partial charge < -0.3 is 15.4 Å². The lowest BCUT2D eigenvalue weighted by molar-refractivity contribution is 0.396. The molecule has 0 aliphatic heterocycles. The standard InChI is InChI=1S/C18H30N4O/c1-19-18(20-13-6-5-10-15-8-3-4-9-15)21-14-16-11-7-12-17(22-16)23-2/h7,11-12,15H,3-6,8-10,13-14H2,1-2H3,(H2,19,20,21). The molecule has 0 atom stereocenters. The first-order chi connectivity index (χ1) is 11.3. The van der Waals surface area contributed by atoms with Crippen LogP contribution in [0.5, 0.6) is 5.88 Å². The van der Waals surface area contributed by atoms with E-state index in [-0.39, 0.29) is 0 Å². The Morgan fingerprint density at radius 2 is 2.09 bits per heavy atom. The molecule has 0 radical (unpaired) electrons. The smallest absolute Gasteiger partial charge is 0.213 e. The maximum Gasteiger partial charge on any atom is 0.213 e. The van der Waals surface area contributed by atoms with E-state index in [1.165, 1.54) is 44.9 Å². The molecule has 0 unspecified atom stereocenters. The van der Waals surface area contributed by atoms with E-state index in [4.69, 9.17) is 4.74 Å². The number of hydrogen-bond acceptors (Lipinski definition) is 3. The minimum Gasteiger partial charge on any atom is -0.481 e. The highest BCUT2D eigenvalue weighted by Gasteiger charge is 2.13. The van der Waals surface area contributed by atoms with Crippen molar-refractivity contribution in [3.8, 4) is 5.88 Å². The SMILES string of the molecule is CN=C(NCCCCC1CCCC1)NCc1cccc(OC)n1. The summed E-state index contributed by atoms with van der Waals surface area (Å²) in [4.78, 5) is 8.64. The van der Waals surface area contributed by atoms with Crippen LogP contribution in [0.15, 0.2) is 23.2 Å². The molecule has 0 bridgehead atoms. The van der Waals surface area contributed by atoms with Crippen LogP contribution < -0.4 is 15.4 Å². The van der Waals surface area contributed by atoms with Crippen molar-refractivity contribution in [1.29, 1.82) is 0 Å². The van der Waals surface area contributed by atoms with Crippen LogP contribution in [0.2, 0.25) is 0 Å². The predicted octanol–water partition coefficient (Wildman–Crippen LogP) is 3.12. The molecule has 0 amide bonds. The molecule has 5 nitrogen and oxygen atoms in total. The van der Waals surface area contributed by atoms with Gasteiger partial charge >= 0.3 is 0 Å². The Kier molecular flexibility index (Phi) is 7.70. The summed E-state index contributed by atoms with van der Waals surface area (Å²) in [6.07, 6.45) is 9.69. The number of hydrogen-bond donors (Lipinski definition) is 2. The van der Waals surface area contributed by atoms with E-state index in [0.717, 1.165) is 24.1 Å².